The van der Waals surface area contributed by atoms with Crippen molar-refractivity contribution in [1.82, 2.24) is 14.5 Å². The average Bonchev–Trinajstić information content (AvgIpc) is 2.99. The number of likely N-dealkylation sites (N-methyl/N-ethyl adjacent to an activating group) is 1. The standard InChI is InChI=1S/C15H18ClN3O2/c1-18(2)10-6-11-14(20-3)12(16)7-13(15(11)21-8-10)19-5-4-17-9-19/h4-5,7,9-10H,6,8H2,1-3H3/t10-/m1/s1. The van der Waals surface area contributed by atoms with Gasteiger partial charge in [-0.2, -0.15) is 0 Å². The Hall–Kier alpha value is -1.72. The second-order valence-corrected chi connectivity index (χ2v) is 5.73. The van der Waals surface area contributed by atoms with Gasteiger partial charge in [0.1, 0.15) is 18.1 Å². The van der Waals surface area contributed by atoms with Crippen LogP contribution < -0.4 is 9.47 Å². The van der Waals surface area contributed by atoms with Gasteiger partial charge in [0.2, 0.25) is 0 Å². The fraction of sp³-hybridized carbons (Fsp3) is 0.400. The molecule has 0 bridgehead atoms. The number of aromatic nitrogens is 2. The molecule has 1 aliphatic rings. The molecule has 21 heavy (non-hydrogen) atoms. The van der Waals surface area contributed by atoms with Crippen LogP contribution in [-0.2, 0) is 6.42 Å². The van der Waals surface area contributed by atoms with E-state index in [1.807, 2.05) is 30.9 Å². The summed E-state index contributed by atoms with van der Waals surface area (Å²) in [6.07, 6.45) is 6.18. The Morgan fingerprint density at radius 1 is 1.48 bits per heavy atom. The number of fused-ring (bicyclic) bond motifs is 1. The van der Waals surface area contributed by atoms with Gasteiger partial charge in [0, 0.05) is 24.0 Å². The summed E-state index contributed by atoms with van der Waals surface area (Å²) in [5, 5.41) is 0.586. The lowest BCUT2D eigenvalue weighted by Gasteiger charge is -2.32. The lowest BCUT2D eigenvalue weighted by Crippen LogP contribution is -2.38. The quantitative estimate of drug-likeness (QED) is 0.873. The van der Waals surface area contributed by atoms with E-state index in [9.17, 15) is 0 Å². The third-order valence-corrected chi connectivity index (χ3v) is 4.12. The number of benzene rings is 1. The third-order valence-electron chi connectivity index (χ3n) is 3.84. The van der Waals surface area contributed by atoms with E-state index in [0.29, 0.717) is 23.4 Å². The molecule has 0 amide bonds. The summed E-state index contributed by atoms with van der Waals surface area (Å²) in [5.74, 6) is 1.52. The number of hydrogen-bond acceptors (Lipinski definition) is 4. The van der Waals surface area contributed by atoms with Gasteiger partial charge in [-0.05, 0) is 26.6 Å². The Bertz CT molecular complexity index is 641. The van der Waals surface area contributed by atoms with Crippen molar-refractivity contribution in [3.63, 3.8) is 0 Å². The highest BCUT2D eigenvalue weighted by Gasteiger charge is 2.29. The lowest BCUT2D eigenvalue weighted by atomic mass is 9.99. The van der Waals surface area contributed by atoms with Crippen molar-refractivity contribution in [2.45, 2.75) is 12.5 Å². The van der Waals surface area contributed by atoms with Crippen molar-refractivity contribution < 1.29 is 9.47 Å². The number of methoxy groups -OCH3 is 1. The molecule has 3 rings (SSSR count). The molecule has 1 atom stereocenters. The molecular formula is C15H18ClN3O2. The molecule has 112 valence electrons. The summed E-state index contributed by atoms with van der Waals surface area (Å²) in [5.41, 5.74) is 1.91. The summed E-state index contributed by atoms with van der Waals surface area (Å²) in [6.45, 7) is 0.645. The highest BCUT2D eigenvalue weighted by atomic mass is 35.5. The second kappa shape index (κ2) is 5.58. The predicted octanol–water partition coefficient (Wildman–Crippen LogP) is 2.40. The van der Waals surface area contributed by atoms with Crippen molar-refractivity contribution in [2.75, 3.05) is 27.8 Å². The number of halogens is 1. The van der Waals surface area contributed by atoms with Crippen LogP contribution in [0.15, 0.2) is 24.8 Å². The molecule has 0 saturated heterocycles. The topological polar surface area (TPSA) is 39.5 Å². The number of nitrogens with zero attached hydrogens (tertiary/aromatic N) is 3. The minimum Gasteiger partial charge on any atom is -0.495 e. The smallest absolute Gasteiger partial charge is 0.150 e. The van der Waals surface area contributed by atoms with E-state index in [0.717, 1.165) is 23.4 Å². The molecule has 0 N–H and O–H groups in total. The van der Waals surface area contributed by atoms with Crippen LogP contribution in [0.5, 0.6) is 11.5 Å². The Labute approximate surface area is 129 Å². The molecule has 0 radical (unpaired) electrons. The van der Waals surface area contributed by atoms with Crippen molar-refractivity contribution in [2.24, 2.45) is 0 Å². The maximum Gasteiger partial charge on any atom is 0.150 e. The van der Waals surface area contributed by atoms with E-state index in [1.165, 1.54) is 0 Å². The maximum atomic E-state index is 6.38. The average molecular weight is 308 g/mol. The Kier molecular flexibility index (Phi) is 3.78. The molecule has 1 aromatic carbocycles. The van der Waals surface area contributed by atoms with Crippen LogP contribution in [0.2, 0.25) is 5.02 Å². The Morgan fingerprint density at radius 2 is 2.29 bits per heavy atom. The fourth-order valence-corrected chi connectivity index (χ4v) is 2.91. The van der Waals surface area contributed by atoms with E-state index in [2.05, 4.69) is 9.88 Å². The van der Waals surface area contributed by atoms with Crippen LogP contribution in [0.25, 0.3) is 5.69 Å². The minimum atomic E-state index is 0.306. The Morgan fingerprint density at radius 3 is 2.90 bits per heavy atom. The van der Waals surface area contributed by atoms with E-state index < -0.39 is 0 Å². The zero-order valence-electron chi connectivity index (χ0n) is 12.3. The monoisotopic (exact) mass is 307 g/mol. The summed E-state index contributed by atoms with van der Waals surface area (Å²) < 4.78 is 13.4. The van der Waals surface area contributed by atoms with Gasteiger partial charge in [-0.3, -0.25) is 0 Å². The highest BCUT2D eigenvalue weighted by Crippen LogP contribution is 2.43. The molecule has 6 heteroatoms. The first-order valence-electron chi connectivity index (χ1n) is 6.78. The Balaban J connectivity index is 2.15. The zero-order chi connectivity index (χ0) is 15.0. The second-order valence-electron chi connectivity index (χ2n) is 5.32. The van der Waals surface area contributed by atoms with Gasteiger partial charge in [0.05, 0.1) is 24.1 Å². The first kappa shape index (κ1) is 14.2. The molecule has 0 spiro atoms. The van der Waals surface area contributed by atoms with Gasteiger partial charge >= 0.3 is 0 Å². The molecule has 0 fully saturated rings. The zero-order valence-corrected chi connectivity index (χ0v) is 13.1. The maximum absolute atomic E-state index is 6.38. The molecular weight excluding hydrogens is 290 g/mol. The SMILES string of the molecule is COc1c(Cl)cc(-n2ccnc2)c2c1C[C@@H](N(C)C)CO2. The first-order chi connectivity index (χ1) is 10.1. The third kappa shape index (κ3) is 2.47. The molecule has 2 heterocycles. The molecule has 1 aliphatic heterocycles. The molecule has 0 saturated carbocycles. The lowest BCUT2D eigenvalue weighted by molar-refractivity contribution is 0.162. The summed E-state index contributed by atoms with van der Waals surface area (Å²) in [6, 6.07) is 2.16. The number of hydrogen-bond donors (Lipinski definition) is 0. The van der Waals surface area contributed by atoms with Gasteiger partial charge in [-0.1, -0.05) is 11.6 Å². The largest absolute Gasteiger partial charge is 0.495 e. The normalized spacial score (nSPS) is 17.5. The molecule has 1 aromatic heterocycles. The van der Waals surface area contributed by atoms with Crippen LogP contribution in [0, 0.1) is 0 Å². The first-order valence-corrected chi connectivity index (χ1v) is 7.16. The van der Waals surface area contributed by atoms with Gasteiger partial charge in [-0.15, -0.1) is 0 Å². The van der Waals surface area contributed by atoms with Crippen molar-refractivity contribution in [3.8, 4) is 17.2 Å². The summed E-state index contributed by atoms with van der Waals surface area (Å²) in [7, 11) is 5.73. The number of ether oxygens (including phenoxy) is 2. The van der Waals surface area contributed by atoms with Crippen molar-refractivity contribution in [1.29, 1.82) is 0 Å². The highest BCUT2D eigenvalue weighted by molar-refractivity contribution is 6.32. The van der Waals surface area contributed by atoms with Crippen LogP contribution in [0.1, 0.15) is 5.56 Å². The van der Waals surface area contributed by atoms with E-state index in [1.54, 1.807) is 19.6 Å². The molecule has 0 unspecified atom stereocenters. The number of rotatable bonds is 3. The van der Waals surface area contributed by atoms with Gasteiger partial charge in [0.25, 0.3) is 0 Å². The van der Waals surface area contributed by atoms with E-state index in [-0.39, 0.29) is 0 Å². The van der Waals surface area contributed by atoms with Gasteiger partial charge < -0.3 is 18.9 Å². The fourth-order valence-electron chi connectivity index (χ4n) is 2.62. The molecule has 0 aliphatic carbocycles. The predicted molar refractivity (Wildman–Crippen MR) is 81.8 cm³/mol. The van der Waals surface area contributed by atoms with E-state index in [4.69, 9.17) is 21.1 Å². The van der Waals surface area contributed by atoms with Crippen LogP contribution in [-0.4, -0.2) is 48.3 Å². The van der Waals surface area contributed by atoms with Crippen LogP contribution in [0.4, 0.5) is 0 Å². The van der Waals surface area contributed by atoms with Crippen molar-refractivity contribution >= 4 is 11.6 Å². The summed E-state index contributed by atoms with van der Waals surface area (Å²) in [4.78, 5) is 6.24. The molecule has 5 nitrogen and oxygen atoms in total. The van der Waals surface area contributed by atoms with Gasteiger partial charge in [-0.25, -0.2) is 4.98 Å². The van der Waals surface area contributed by atoms with Gasteiger partial charge in [0.15, 0.2) is 0 Å². The molecule has 2 aromatic rings. The van der Waals surface area contributed by atoms with Crippen LogP contribution >= 0.6 is 11.6 Å². The van der Waals surface area contributed by atoms with Crippen molar-refractivity contribution in [3.05, 3.63) is 35.4 Å². The minimum absolute atomic E-state index is 0.306. The van der Waals surface area contributed by atoms with Crippen LogP contribution in [0.3, 0.4) is 0 Å². The summed E-state index contributed by atoms with van der Waals surface area (Å²) >= 11 is 6.38. The number of imidazole rings is 1. The van der Waals surface area contributed by atoms with E-state index >= 15 is 0 Å².